The second-order valence-corrected chi connectivity index (χ2v) is 6.58. The van der Waals surface area contributed by atoms with Crippen LogP contribution in [0.25, 0.3) is 6.08 Å². The van der Waals surface area contributed by atoms with E-state index in [1.54, 1.807) is 0 Å². The molecule has 0 bridgehead atoms. The summed E-state index contributed by atoms with van der Waals surface area (Å²) in [6.07, 6.45) is 6.05. The zero-order chi connectivity index (χ0) is 15.3. The average Bonchev–Trinajstić information content (AvgIpc) is 2.71. The summed E-state index contributed by atoms with van der Waals surface area (Å²) < 4.78 is 11.7. The summed E-state index contributed by atoms with van der Waals surface area (Å²) >= 11 is 0. The quantitative estimate of drug-likeness (QED) is 0.805. The fourth-order valence-electron chi connectivity index (χ4n) is 2.36. The third-order valence-electron chi connectivity index (χ3n) is 3.73. The minimum atomic E-state index is 0.102. The summed E-state index contributed by atoms with van der Waals surface area (Å²) in [6, 6.07) is 8.52. The molecule has 0 fully saturated rings. The van der Waals surface area contributed by atoms with Gasteiger partial charge in [-0.15, -0.1) is 0 Å². The number of rotatable bonds is 4. The van der Waals surface area contributed by atoms with Crippen LogP contribution in [-0.4, -0.2) is 19.3 Å². The van der Waals surface area contributed by atoms with Crippen molar-refractivity contribution in [3.05, 3.63) is 53.8 Å². The van der Waals surface area contributed by atoms with Gasteiger partial charge in [-0.3, -0.25) is 0 Å². The fourth-order valence-corrected chi connectivity index (χ4v) is 2.36. The molecule has 1 aliphatic heterocycles. The minimum absolute atomic E-state index is 0.102. The van der Waals surface area contributed by atoms with Gasteiger partial charge < -0.3 is 9.47 Å². The van der Waals surface area contributed by atoms with Gasteiger partial charge >= 0.3 is 0 Å². The molecular weight excluding hydrogens is 260 g/mol. The topological polar surface area (TPSA) is 18.5 Å². The summed E-state index contributed by atoms with van der Waals surface area (Å²) in [5.74, 6) is 1.06. The van der Waals surface area contributed by atoms with E-state index in [9.17, 15) is 0 Å². The molecule has 2 nitrogen and oxygen atoms in total. The summed E-state index contributed by atoms with van der Waals surface area (Å²) in [4.78, 5) is 0. The number of hydrogen-bond donors (Lipinski definition) is 0. The summed E-state index contributed by atoms with van der Waals surface area (Å²) in [6.45, 7) is 11.7. The first-order valence-corrected chi connectivity index (χ1v) is 7.65. The van der Waals surface area contributed by atoms with Gasteiger partial charge in [-0.05, 0) is 29.0 Å². The minimum Gasteiger partial charge on any atom is -0.496 e. The Morgan fingerprint density at radius 2 is 1.86 bits per heavy atom. The number of aryl methyl sites for hydroxylation is 1. The molecule has 1 aromatic carbocycles. The van der Waals surface area contributed by atoms with E-state index < -0.39 is 0 Å². The van der Waals surface area contributed by atoms with Crippen LogP contribution in [0.1, 0.15) is 38.3 Å². The fraction of sp³-hybridized carbons (Fsp3) is 0.474. The Labute approximate surface area is 128 Å². The van der Waals surface area contributed by atoms with Gasteiger partial charge in [-0.1, -0.05) is 57.7 Å². The van der Waals surface area contributed by atoms with E-state index in [1.807, 2.05) is 6.08 Å². The molecule has 1 atom stereocenters. The van der Waals surface area contributed by atoms with E-state index in [1.165, 1.54) is 5.56 Å². The molecule has 1 heterocycles. The van der Waals surface area contributed by atoms with Crippen molar-refractivity contribution in [2.75, 3.05) is 13.2 Å². The normalized spacial score (nSPS) is 19.4. The zero-order valence-corrected chi connectivity index (χ0v) is 13.4. The van der Waals surface area contributed by atoms with E-state index in [4.69, 9.17) is 9.47 Å². The predicted molar refractivity (Wildman–Crippen MR) is 88.1 cm³/mol. The van der Waals surface area contributed by atoms with Crippen LogP contribution >= 0.6 is 0 Å². The van der Waals surface area contributed by atoms with Crippen molar-refractivity contribution in [3.8, 4) is 0 Å². The molecule has 1 aliphatic rings. The highest BCUT2D eigenvalue weighted by atomic mass is 16.5. The second kappa shape index (κ2) is 6.95. The summed E-state index contributed by atoms with van der Waals surface area (Å²) in [5, 5.41) is 0. The predicted octanol–water partition coefficient (Wildman–Crippen LogP) is 4.61. The van der Waals surface area contributed by atoms with Gasteiger partial charge in [-0.25, -0.2) is 0 Å². The molecule has 0 aromatic heterocycles. The van der Waals surface area contributed by atoms with Crippen molar-refractivity contribution in [1.29, 1.82) is 0 Å². The Hall–Kier alpha value is -1.54. The lowest BCUT2D eigenvalue weighted by molar-refractivity contribution is 0.00661. The SMILES string of the molecule is C=Cc1ccc(CCC2=CC(C(C)(C)C)OCCO2)cc1. The van der Waals surface area contributed by atoms with Crippen molar-refractivity contribution < 1.29 is 9.47 Å². The lowest BCUT2D eigenvalue weighted by Gasteiger charge is -2.27. The number of ether oxygens (including phenoxy) is 2. The van der Waals surface area contributed by atoms with Crippen molar-refractivity contribution in [2.45, 2.75) is 39.7 Å². The molecule has 0 saturated heterocycles. The Morgan fingerprint density at radius 3 is 2.48 bits per heavy atom. The maximum absolute atomic E-state index is 5.87. The van der Waals surface area contributed by atoms with Crippen molar-refractivity contribution in [2.24, 2.45) is 5.41 Å². The second-order valence-electron chi connectivity index (χ2n) is 6.58. The number of allylic oxidation sites excluding steroid dienone is 1. The Morgan fingerprint density at radius 1 is 1.14 bits per heavy atom. The average molecular weight is 286 g/mol. The van der Waals surface area contributed by atoms with Crippen LogP contribution < -0.4 is 0 Å². The van der Waals surface area contributed by atoms with Crippen molar-refractivity contribution in [3.63, 3.8) is 0 Å². The van der Waals surface area contributed by atoms with E-state index in [0.29, 0.717) is 13.2 Å². The largest absolute Gasteiger partial charge is 0.496 e. The molecule has 2 rings (SSSR count). The maximum Gasteiger partial charge on any atom is 0.111 e. The molecule has 0 aliphatic carbocycles. The number of hydrogen-bond acceptors (Lipinski definition) is 2. The van der Waals surface area contributed by atoms with E-state index in [-0.39, 0.29) is 11.5 Å². The lowest BCUT2D eigenvalue weighted by Crippen LogP contribution is -2.27. The van der Waals surface area contributed by atoms with Gasteiger partial charge in [0.15, 0.2) is 0 Å². The lowest BCUT2D eigenvalue weighted by atomic mass is 9.88. The van der Waals surface area contributed by atoms with Gasteiger partial charge in [0, 0.05) is 6.42 Å². The molecule has 0 saturated carbocycles. The molecule has 1 aromatic rings. The Bertz CT molecular complexity index is 491. The van der Waals surface area contributed by atoms with Crippen LogP contribution in [0.3, 0.4) is 0 Å². The van der Waals surface area contributed by atoms with Gasteiger partial charge in [0.1, 0.15) is 6.61 Å². The molecule has 1 unspecified atom stereocenters. The van der Waals surface area contributed by atoms with E-state index >= 15 is 0 Å². The summed E-state index contributed by atoms with van der Waals surface area (Å²) in [7, 11) is 0. The highest BCUT2D eigenvalue weighted by Gasteiger charge is 2.25. The van der Waals surface area contributed by atoms with Crippen molar-refractivity contribution >= 4 is 6.08 Å². The third kappa shape index (κ3) is 4.75. The van der Waals surface area contributed by atoms with Gasteiger partial charge in [0.05, 0.1) is 18.5 Å². The van der Waals surface area contributed by atoms with Crippen LogP contribution in [-0.2, 0) is 15.9 Å². The zero-order valence-electron chi connectivity index (χ0n) is 13.4. The first kappa shape index (κ1) is 15.8. The first-order valence-electron chi connectivity index (χ1n) is 7.65. The Kier molecular flexibility index (Phi) is 5.24. The van der Waals surface area contributed by atoms with Gasteiger partial charge in [0.25, 0.3) is 0 Å². The van der Waals surface area contributed by atoms with Crippen molar-refractivity contribution in [1.82, 2.24) is 0 Å². The van der Waals surface area contributed by atoms with E-state index in [2.05, 4.69) is 57.7 Å². The molecule has 0 amide bonds. The summed E-state index contributed by atoms with van der Waals surface area (Å²) in [5.41, 5.74) is 2.58. The standard InChI is InChI=1S/C19H26O2/c1-5-15-6-8-16(9-7-15)10-11-17-14-18(19(2,3)4)21-13-12-20-17/h5-9,14,18H,1,10-13H2,2-4H3. The molecule has 0 N–H and O–H groups in total. The van der Waals surface area contributed by atoms with Crippen LogP contribution in [0.2, 0.25) is 0 Å². The first-order chi connectivity index (χ1) is 9.99. The van der Waals surface area contributed by atoms with Crippen LogP contribution in [0, 0.1) is 5.41 Å². The molecule has 2 heteroatoms. The van der Waals surface area contributed by atoms with Crippen LogP contribution in [0.4, 0.5) is 0 Å². The van der Waals surface area contributed by atoms with E-state index in [0.717, 1.165) is 24.2 Å². The van der Waals surface area contributed by atoms with Crippen LogP contribution in [0.5, 0.6) is 0 Å². The monoisotopic (exact) mass is 286 g/mol. The smallest absolute Gasteiger partial charge is 0.111 e. The molecule has 21 heavy (non-hydrogen) atoms. The van der Waals surface area contributed by atoms with Gasteiger partial charge in [0.2, 0.25) is 0 Å². The molecule has 0 spiro atoms. The van der Waals surface area contributed by atoms with Gasteiger partial charge in [-0.2, -0.15) is 0 Å². The number of benzene rings is 1. The van der Waals surface area contributed by atoms with Crippen LogP contribution in [0.15, 0.2) is 42.7 Å². The Balaban J connectivity index is 1.99. The molecule has 0 radical (unpaired) electrons. The third-order valence-corrected chi connectivity index (χ3v) is 3.73. The highest BCUT2D eigenvalue weighted by molar-refractivity contribution is 5.47. The molecule has 114 valence electrons. The highest BCUT2D eigenvalue weighted by Crippen LogP contribution is 2.27. The molecular formula is C19H26O2. The maximum atomic E-state index is 5.87.